The fraction of sp³-hybridized carbons (Fsp3) is 0.400. The van der Waals surface area contributed by atoms with Gasteiger partial charge in [0.2, 0.25) is 0 Å². The van der Waals surface area contributed by atoms with E-state index in [-0.39, 0.29) is 0 Å². The Morgan fingerprint density at radius 2 is 1.92 bits per heavy atom. The van der Waals surface area contributed by atoms with Crippen molar-refractivity contribution in [2.75, 3.05) is 6.66 Å². The van der Waals surface area contributed by atoms with Gasteiger partial charge >= 0.3 is 13.4 Å². The molecule has 0 fully saturated rings. The molecule has 0 aliphatic rings. The van der Waals surface area contributed by atoms with Gasteiger partial charge in [-0.1, -0.05) is 0 Å². The SMILES string of the molecule is CP(=O)(O)O.Cc1coc(=O)o1. The zero-order chi connectivity index (χ0) is 9.78. The van der Waals surface area contributed by atoms with Crippen LogP contribution in [0.1, 0.15) is 5.76 Å². The Morgan fingerprint density at radius 3 is 2.00 bits per heavy atom. The topological polar surface area (TPSA) is 101 Å². The van der Waals surface area contributed by atoms with E-state index < -0.39 is 13.4 Å². The Morgan fingerprint density at radius 1 is 1.50 bits per heavy atom. The fourth-order valence-electron chi connectivity index (χ4n) is 0.311. The van der Waals surface area contributed by atoms with Gasteiger partial charge in [-0.05, 0) is 6.92 Å². The summed E-state index contributed by atoms with van der Waals surface area (Å²) in [7, 11) is -3.64. The molecule has 0 spiro atoms. The summed E-state index contributed by atoms with van der Waals surface area (Å²) in [5, 5.41) is 0. The molecule has 1 aromatic heterocycles. The lowest BCUT2D eigenvalue weighted by molar-refractivity contribution is 0.378. The molecule has 0 saturated carbocycles. The van der Waals surface area contributed by atoms with Gasteiger partial charge < -0.3 is 18.6 Å². The van der Waals surface area contributed by atoms with E-state index in [9.17, 15) is 9.36 Å². The largest absolute Gasteiger partial charge is 0.518 e. The molecule has 6 nitrogen and oxygen atoms in total. The third kappa shape index (κ3) is 9.16. The van der Waals surface area contributed by atoms with Crippen LogP contribution in [0, 0.1) is 6.92 Å². The fourth-order valence-corrected chi connectivity index (χ4v) is 0.311. The van der Waals surface area contributed by atoms with Gasteiger partial charge in [-0.3, -0.25) is 4.57 Å². The molecule has 0 unspecified atom stereocenters. The van der Waals surface area contributed by atoms with Crippen LogP contribution in [-0.4, -0.2) is 16.5 Å². The molecule has 0 radical (unpaired) electrons. The Hall–Kier alpha value is -0.840. The van der Waals surface area contributed by atoms with Crippen LogP contribution in [0.2, 0.25) is 0 Å². The molecule has 2 N–H and O–H groups in total. The first-order valence-corrected chi connectivity index (χ1v) is 4.93. The molecule has 7 heteroatoms. The van der Waals surface area contributed by atoms with E-state index >= 15 is 0 Å². The molecule has 0 bridgehead atoms. The van der Waals surface area contributed by atoms with Gasteiger partial charge in [-0.15, -0.1) is 0 Å². The van der Waals surface area contributed by atoms with Crippen molar-refractivity contribution in [3.8, 4) is 0 Å². The van der Waals surface area contributed by atoms with Crippen LogP contribution >= 0.6 is 7.60 Å². The van der Waals surface area contributed by atoms with Crippen molar-refractivity contribution in [3.63, 3.8) is 0 Å². The van der Waals surface area contributed by atoms with Crippen LogP contribution in [0.25, 0.3) is 0 Å². The van der Waals surface area contributed by atoms with Crippen LogP contribution in [0.3, 0.4) is 0 Å². The van der Waals surface area contributed by atoms with Crippen molar-refractivity contribution in [1.82, 2.24) is 0 Å². The summed E-state index contributed by atoms with van der Waals surface area (Å²) in [6.07, 6.45) is 1.27. The van der Waals surface area contributed by atoms with Gasteiger partial charge in [0.25, 0.3) is 0 Å². The predicted molar refractivity (Wildman–Crippen MR) is 39.9 cm³/mol. The van der Waals surface area contributed by atoms with Gasteiger partial charge in [0.1, 0.15) is 12.0 Å². The summed E-state index contributed by atoms with van der Waals surface area (Å²) >= 11 is 0. The lowest BCUT2D eigenvalue weighted by Gasteiger charge is -1.84. The normalized spacial score (nSPS) is 10.3. The third-order valence-electron chi connectivity index (χ3n) is 0.565. The molecule has 0 aliphatic carbocycles. The predicted octanol–water partition coefficient (Wildman–Crippen LogP) is 0.335. The number of rotatable bonds is 0. The molecule has 1 aromatic rings. The molecule has 0 saturated heterocycles. The third-order valence-corrected chi connectivity index (χ3v) is 0.565. The maximum absolute atomic E-state index is 9.96. The minimum atomic E-state index is -3.64. The average Bonchev–Trinajstić information content (AvgIpc) is 2.09. The quantitative estimate of drug-likeness (QED) is 0.580. The van der Waals surface area contributed by atoms with Gasteiger partial charge in [-0.25, -0.2) is 4.79 Å². The van der Waals surface area contributed by atoms with E-state index in [1.54, 1.807) is 6.92 Å². The zero-order valence-corrected chi connectivity index (χ0v) is 7.45. The molecule has 1 rings (SSSR count). The molecule has 0 aliphatic heterocycles. The van der Waals surface area contributed by atoms with Crippen molar-refractivity contribution < 1.29 is 23.2 Å². The minimum Gasteiger partial charge on any atom is -0.399 e. The molecular weight excluding hydrogens is 187 g/mol. The molecule has 1 heterocycles. The molecule has 70 valence electrons. The monoisotopic (exact) mass is 196 g/mol. The van der Waals surface area contributed by atoms with Gasteiger partial charge in [-0.2, -0.15) is 0 Å². The first-order valence-electron chi connectivity index (χ1n) is 2.87. The van der Waals surface area contributed by atoms with Crippen molar-refractivity contribution in [3.05, 3.63) is 22.6 Å². The number of hydrogen-bond acceptors (Lipinski definition) is 4. The Bertz CT molecular complexity index is 308. The van der Waals surface area contributed by atoms with Crippen molar-refractivity contribution >= 4 is 7.60 Å². The lowest BCUT2D eigenvalue weighted by Crippen LogP contribution is -1.84. The van der Waals surface area contributed by atoms with Gasteiger partial charge in [0.15, 0.2) is 0 Å². The van der Waals surface area contributed by atoms with Crippen LogP contribution in [0.5, 0.6) is 0 Å². The summed E-state index contributed by atoms with van der Waals surface area (Å²) in [6, 6.07) is 0. The summed E-state index contributed by atoms with van der Waals surface area (Å²) in [4.78, 5) is 25.2. The van der Waals surface area contributed by atoms with Crippen molar-refractivity contribution in [2.24, 2.45) is 0 Å². The summed E-state index contributed by atoms with van der Waals surface area (Å²) < 4.78 is 17.9. The maximum atomic E-state index is 9.96. The maximum Gasteiger partial charge on any atom is 0.518 e. The summed E-state index contributed by atoms with van der Waals surface area (Å²) in [5.74, 6) is -0.137. The van der Waals surface area contributed by atoms with Crippen LogP contribution < -0.4 is 5.82 Å². The van der Waals surface area contributed by atoms with E-state index in [4.69, 9.17) is 9.79 Å². The Kier molecular flexibility index (Phi) is 3.95. The van der Waals surface area contributed by atoms with E-state index in [1.165, 1.54) is 6.26 Å². The Balaban J connectivity index is 0.000000217. The number of aryl methyl sites for hydroxylation is 1. The first kappa shape index (κ1) is 11.2. The molecular formula is C5H9O6P. The second-order valence-corrected chi connectivity index (χ2v) is 3.70. The molecule has 0 atom stereocenters. The van der Waals surface area contributed by atoms with Gasteiger partial charge in [0.05, 0.1) is 0 Å². The summed E-state index contributed by atoms with van der Waals surface area (Å²) in [6.45, 7) is 2.50. The summed E-state index contributed by atoms with van der Waals surface area (Å²) in [5.41, 5.74) is 0. The smallest absolute Gasteiger partial charge is 0.399 e. The molecule has 12 heavy (non-hydrogen) atoms. The van der Waals surface area contributed by atoms with E-state index in [0.717, 1.165) is 6.66 Å². The van der Waals surface area contributed by atoms with E-state index in [1.807, 2.05) is 0 Å². The highest BCUT2D eigenvalue weighted by Crippen LogP contribution is 2.26. The lowest BCUT2D eigenvalue weighted by atomic mass is 10.6. The second-order valence-electron chi connectivity index (χ2n) is 2.03. The van der Waals surface area contributed by atoms with Crippen LogP contribution in [0.4, 0.5) is 0 Å². The molecule has 0 amide bonds. The van der Waals surface area contributed by atoms with Crippen LogP contribution in [0.15, 0.2) is 19.9 Å². The minimum absolute atomic E-state index is 0.505. The highest BCUT2D eigenvalue weighted by molar-refractivity contribution is 7.50. The Labute approximate surface area is 68.0 Å². The first-order chi connectivity index (χ1) is 5.29. The highest BCUT2D eigenvalue weighted by atomic mass is 31.2. The molecule has 0 aromatic carbocycles. The van der Waals surface area contributed by atoms with Crippen molar-refractivity contribution in [2.45, 2.75) is 6.92 Å². The highest BCUT2D eigenvalue weighted by Gasteiger charge is 1.95. The van der Waals surface area contributed by atoms with E-state index in [2.05, 4.69) is 8.83 Å². The second kappa shape index (κ2) is 4.25. The van der Waals surface area contributed by atoms with E-state index in [0.29, 0.717) is 5.76 Å². The van der Waals surface area contributed by atoms with Gasteiger partial charge in [0, 0.05) is 6.66 Å². The average molecular weight is 196 g/mol. The number of hydrogen-bond donors (Lipinski definition) is 2. The zero-order valence-electron chi connectivity index (χ0n) is 6.55. The van der Waals surface area contributed by atoms with Crippen LogP contribution in [-0.2, 0) is 4.57 Å². The standard InChI is InChI=1S/C4H4O3.CH5O3P/c1-3-2-6-4(5)7-3;1-5(2,3)4/h2H,1H3;1H3,(H2,2,3,4). The van der Waals surface area contributed by atoms with Crippen molar-refractivity contribution in [1.29, 1.82) is 0 Å².